The second-order valence-electron chi connectivity index (χ2n) is 8.64. The number of rotatable bonds is 1. The second kappa shape index (κ2) is 8.13. The van der Waals surface area contributed by atoms with Crippen LogP contribution in [0.5, 0.6) is 0 Å². The Hall–Kier alpha value is -2.83. The number of anilines is 1. The summed E-state index contributed by atoms with van der Waals surface area (Å²) in [5.41, 5.74) is 5.09. The van der Waals surface area contributed by atoms with Crippen molar-refractivity contribution in [2.24, 2.45) is 0 Å². The minimum Gasteiger partial charge on any atom is -0.483 e. The lowest BCUT2D eigenvalue weighted by Crippen LogP contribution is -2.35. The van der Waals surface area contributed by atoms with Crippen molar-refractivity contribution in [3.8, 4) is 0 Å². The van der Waals surface area contributed by atoms with E-state index in [1.807, 2.05) is 7.05 Å². The summed E-state index contributed by atoms with van der Waals surface area (Å²) in [7, 11) is 1.83. The summed E-state index contributed by atoms with van der Waals surface area (Å²) in [5, 5.41) is 8.18. The molecule has 7 heteroatoms. The molecule has 2 aromatic rings. The second-order valence-corrected chi connectivity index (χ2v) is 8.64. The number of pyridine rings is 1. The van der Waals surface area contributed by atoms with Crippen molar-refractivity contribution in [3.63, 3.8) is 0 Å². The molecule has 1 N–H and O–H groups in total. The van der Waals surface area contributed by atoms with E-state index < -0.39 is 0 Å². The van der Waals surface area contributed by atoms with Crippen LogP contribution in [-0.2, 0) is 22.4 Å². The van der Waals surface area contributed by atoms with Gasteiger partial charge in [0.05, 0.1) is 12.1 Å². The maximum absolute atomic E-state index is 11.9. The number of carbonyl (C=O) groups is 2. The number of carbonyl (C=O) groups excluding carboxylic acids is 1. The predicted molar refractivity (Wildman–Crippen MR) is 115 cm³/mol. The first kappa shape index (κ1) is 20.4. The quantitative estimate of drug-likeness (QED) is 0.723. The molecule has 3 heterocycles. The molecular formula is C23H29N3O4. The molecule has 1 spiro atoms. The third kappa shape index (κ3) is 3.80. The van der Waals surface area contributed by atoms with Gasteiger partial charge in [-0.2, -0.15) is 0 Å². The minimum atomic E-state index is -0.312. The number of nitrogens with zero attached hydrogens (tertiary/aromatic N) is 3. The van der Waals surface area contributed by atoms with Crippen molar-refractivity contribution in [3.05, 3.63) is 34.9 Å². The van der Waals surface area contributed by atoms with Crippen molar-refractivity contribution in [1.82, 2.24) is 9.88 Å². The maximum Gasteiger partial charge on any atom is 0.410 e. The molecule has 7 nitrogen and oxygen atoms in total. The molecule has 1 aliphatic carbocycles. The number of aryl methyl sites for hydroxylation is 3. The zero-order valence-electron chi connectivity index (χ0n) is 17.7. The minimum absolute atomic E-state index is 0.183. The number of hydrogen-bond donors (Lipinski definition) is 1. The molecular weight excluding hydrogens is 382 g/mol. The highest BCUT2D eigenvalue weighted by atomic mass is 16.6. The van der Waals surface area contributed by atoms with E-state index in [4.69, 9.17) is 19.6 Å². The molecule has 160 valence electrons. The summed E-state index contributed by atoms with van der Waals surface area (Å²) in [4.78, 5) is 29.3. The first-order chi connectivity index (χ1) is 14.4. The number of hydrogen-bond acceptors (Lipinski definition) is 5. The normalized spacial score (nSPS) is 23.1. The monoisotopic (exact) mass is 411 g/mol. The van der Waals surface area contributed by atoms with Crippen LogP contribution in [0.4, 0.5) is 10.6 Å². The summed E-state index contributed by atoms with van der Waals surface area (Å²) < 4.78 is 5.75. The van der Waals surface area contributed by atoms with Gasteiger partial charge >= 0.3 is 6.09 Å². The number of aromatic nitrogens is 1. The van der Waals surface area contributed by atoms with E-state index in [9.17, 15) is 4.79 Å². The van der Waals surface area contributed by atoms with Gasteiger partial charge in [0.25, 0.3) is 6.47 Å². The Labute approximate surface area is 176 Å². The molecule has 2 aliphatic heterocycles. The third-order valence-corrected chi connectivity index (χ3v) is 6.58. The van der Waals surface area contributed by atoms with Crippen molar-refractivity contribution in [1.29, 1.82) is 0 Å². The summed E-state index contributed by atoms with van der Waals surface area (Å²) in [6.07, 6.45) is 6.28. The molecule has 30 heavy (non-hydrogen) atoms. The highest BCUT2D eigenvalue weighted by Gasteiger charge is 2.44. The molecule has 1 atom stereocenters. The van der Waals surface area contributed by atoms with E-state index in [0.717, 1.165) is 43.7 Å². The number of benzene rings is 1. The molecule has 0 radical (unpaired) electrons. The van der Waals surface area contributed by atoms with E-state index >= 15 is 0 Å². The Morgan fingerprint density at radius 3 is 2.57 bits per heavy atom. The first-order valence-electron chi connectivity index (χ1n) is 10.6. The lowest BCUT2D eigenvalue weighted by molar-refractivity contribution is -0.122. The van der Waals surface area contributed by atoms with Gasteiger partial charge in [0.2, 0.25) is 0 Å². The number of amides is 1. The van der Waals surface area contributed by atoms with Crippen molar-refractivity contribution in [2.45, 2.75) is 51.0 Å². The fourth-order valence-electron chi connectivity index (χ4n) is 5.06. The van der Waals surface area contributed by atoms with Crippen molar-refractivity contribution in [2.75, 3.05) is 31.6 Å². The fraction of sp³-hybridized carbons (Fsp3) is 0.522. The number of ether oxygens (including phenoxy) is 1. The summed E-state index contributed by atoms with van der Waals surface area (Å²) in [6.45, 7) is 4.49. The van der Waals surface area contributed by atoms with Gasteiger partial charge in [0.1, 0.15) is 11.4 Å². The van der Waals surface area contributed by atoms with Crippen LogP contribution >= 0.6 is 0 Å². The maximum atomic E-state index is 11.9. The van der Waals surface area contributed by atoms with Gasteiger partial charge in [-0.25, -0.2) is 9.78 Å². The Bertz CT molecular complexity index is 977. The lowest BCUT2D eigenvalue weighted by atomic mass is 9.95. The van der Waals surface area contributed by atoms with Crippen molar-refractivity contribution < 1.29 is 19.4 Å². The van der Waals surface area contributed by atoms with E-state index in [2.05, 4.69) is 30.0 Å². The van der Waals surface area contributed by atoms with Crippen LogP contribution in [0.3, 0.4) is 0 Å². The third-order valence-electron chi connectivity index (χ3n) is 6.58. The average molecular weight is 412 g/mol. The summed E-state index contributed by atoms with van der Waals surface area (Å²) in [5.74, 6) is 1.06. The van der Waals surface area contributed by atoms with Gasteiger partial charge in [0.15, 0.2) is 0 Å². The Kier molecular flexibility index (Phi) is 5.54. The topological polar surface area (TPSA) is 83.0 Å². The lowest BCUT2D eigenvalue weighted by Gasteiger charge is -2.26. The average Bonchev–Trinajstić information content (AvgIpc) is 3.20. The number of likely N-dealkylation sites (N-methyl/N-ethyl adjacent to an activating group) is 1. The first-order valence-corrected chi connectivity index (χ1v) is 10.6. The van der Waals surface area contributed by atoms with Gasteiger partial charge in [-0.05, 0) is 73.9 Å². The number of carboxylic acid groups (broad SMARTS) is 1. The van der Waals surface area contributed by atoms with Gasteiger partial charge < -0.3 is 19.6 Å². The fourth-order valence-corrected chi connectivity index (χ4v) is 5.06. The van der Waals surface area contributed by atoms with Crippen LogP contribution in [-0.4, -0.2) is 59.8 Å². The van der Waals surface area contributed by atoms with Gasteiger partial charge in [-0.3, -0.25) is 4.79 Å². The summed E-state index contributed by atoms with van der Waals surface area (Å²) in [6, 6.07) is 6.89. The predicted octanol–water partition coefficient (Wildman–Crippen LogP) is 3.54. The Morgan fingerprint density at radius 2 is 1.87 bits per heavy atom. The molecule has 2 fully saturated rings. The van der Waals surface area contributed by atoms with Crippen LogP contribution in [0.25, 0.3) is 10.9 Å². The van der Waals surface area contributed by atoms with E-state index in [1.54, 1.807) is 4.90 Å². The molecule has 0 bridgehead atoms. The van der Waals surface area contributed by atoms with E-state index in [-0.39, 0.29) is 18.2 Å². The SMILES string of the molecule is Cc1cc(N2CCCC3(CC2)CN(C)C(=O)O3)nc2cc3c(cc12)CCC3.O=CO. The number of fused-ring (bicyclic) bond motifs is 2. The molecule has 1 amide bonds. The highest BCUT2D eigenvalue weighted by Crippen LogP contribution is 2.35. The molecule has 1 aromatic carbocycles. The van der Waals surface area contributed by atoms with E-state index in [1.165, 1.54) is 41.3 Å². The van der Waals surface area contributed by atoms with Crippen LogP contribution in [0, 0.1) is 6.92 Å². The zero-order chi connectivity index (χ0) is 21.3. The van der Waals surface area contributed by atoms with Gasteiger partial charge in [-0.15, -0.1) is 0 Å². The standard InChI is InChI=1S/C22H27N3O2.CH2O2/c1-15-11-20(23-19-13-17-6-3-5-16(17)12-18(15)19)25-9-4-7-22(8-10-25)14-24(2)21(26)27-22;2-1-3/h11-13H,3-10,14H2,1-2H3;1H,(H,2,3). The van der Waals surface area contributed by atoms with Crippen molar-refractivity contribution >= 4 is 29.3 Å². The molecule has 0 saturated carbocycles. The highest BCUT2D eigenvalue weighted by molar-refractivity contribution is 5.85. The molecule has 1 unspecified atom stereocenters. The van der Waals surface area contributed by atoms with Crippen LogP contribution in [0.15, 0.2) is 18.2 Å². The zero-order valence-corrected chi connectivity index (χ0v) is 17.7. The molecule has 3 aliphatic rings. The Morgan fingerprint density at radius 1 is 1.13 bits per heavy atom. The summed E-state index contributed by atoms with van der Waals surface area (Å²) >= 11 is 0. The van der Waals surface area contributed by atoms with Crippen LogP contribution in [0.2, 0.25) is 0 Å². The van der Waals surface area contributed by atoms with Gasteiger partial charge in [-0.1, -0.05) is 0 Å². The molecule has 2 saturated heterocycles. The molecule has 1 aromatic heterocycles. The largest absolute Gasteiger partial charge is 0.483 e. The van der Waals surface area contributed by atoms with Crippen LogP contribution in [0.1, 0.15) is 42.4 Å². The Balaban J connectivity index is 0.000000687. The molecule has 5 rings (SSSR count). The van der Waals surface area contributed by atoms with Gasteiger partial charge in [0, 0.05) is 31.9 Å². The smallest absolute Gasteiger partial charge is 0.410 e. The van der Waals surface area contributed by atoms with Crippen LogP contribution < -0.4 is 4.90 Å². The van der Waals surface area contributed by atoms with E-state index in [0.29, 0.717) is 6.54 Å².